The zero-order valence-corrected chi connectivity index (χ0v) is 12.3. The molecule has 0 spiro atoms. The van der Waals surface area contributed by atoms with Crippen molar-refractivity contribution in [1.29, 1.82) is 0 Å². The first-order valence-electron chi connectivity index (χ1n) is 6.50. The molecule has 0 N–H and O–H groups in total. The van der Waals surface area contributed by atoms with Gasteiger partial charge in [-0.15, -0.1) is 0 Å². The van der Waals surface area contributed by atoms with Crippen molar-refractivity contribution in [2.75, 3.05) is 13.2 Å². The number of nitro benzene ring substituents is 1. The molecular weight excluding hydrogens is 316 g/mol. The van der Waals surface area contributed by atoms with Gasteiger partial charge < -0.3 is 9.47 Å². The second-order valence-corrected chi connectivity index (χ2v) is 4.08. The summed E-state index contributed by atoms with van der Waals surface area (Å²) in [5, 5.41) is 10.9. The van der Waals surface area contributed by atoms with E-state index in [1.54, 1.807) is 6.92 Å². The van der Waals surface area contributed by atoms with Crippen LogP contribution in [-0.4, -0.2) is 29.9 Å². The smallest absolute Gasteiger partial charge is 0.345 e. The zero-order chi connectivity index (χ0) is 17.6. The van der Waals surface area contributed by atoms with Crippen LogP contribution in [0.5, 0.6) is 0 Å². The molecule has 1 rings (SSSR count). The van der Waals surface area contributed by atoms with Gasteiger partial charge in [0.2, 0.25) is 5.78 Å². The third-order valence-electron chi connectivity index (χ3n) is 2.59. The minimum Gasteiger partial charge on any atom is -0.500 e. The van der Waals surface area contributed by atoms with Gasteiger partial charge in [-0.25, -0.2) is 13.6 Å². The number of ether oxygens (including phenoxy) is 2. The van der Waals surface area contributed by atoms with Crippen LogP contribution in [0.25, 0.3) is 0 Å². The summed E-state index contributed by atoms with van der Waals surface area (Å²) in [6.45, 7) is 3.11. The highest BCUT2D eigenvalue weighted by molar-refractivity contribution is 6.25. The number of carbonyl (C=O) groups excluding carboxylic acids is 2. The predicted molar refractivity (Wildman–Crippen MR) is 73.7 cm³/mol. The standard InChI is InChI=1S/C14H13F2NO6/c1-3-22-7-9(14(19)23-4-2)13(18)8-5-10(15)11(16)6-12(8)17(20)21/h5-7H,3-4H2,1-2H3. The first-order chi connectivity index (χ1) is 10.8. The van der Waals surface area contributed by atoms with Crippen molar-refractivity contribution in [3.05, 3.63) is 51.3 Å². The van der Waals surface area contributed by atoms with E-state index in [0.717, 1.165) is 6.26 Å². The molecular formula is C14H13F2NO6. The third kappa shape index (κ3) is 4.31. The lowest BCUT2D eigenvalue weighted by molar-refractivity contribution is -0.385. The highest BCUT2D eigenvalue weighted by Gasteiger charge is 2.30. The first kappa shape index (κ1) is 18.2. The lowest BCUT2D eigenvalue weighted by Crippen LogP contribution is -2.18. The molecule has 0 heterocycles. The highest BCUT2D eigenvalue weighted by atomic mass is 19.2. The van der Waals surface area contributed by atoms with Crippen molar-refractivity contribution in [3.8, 4) is 0 Å². The molecule has 9 heteroatoms. The fraction of sp³-hybridized carbons (Fsp3) is 0.286. The van der Waals surface area contributed by atoms with Crippen molar-refractivity contribution < 1.29 is 32.8 Å². The van der Waals surface area contributed by atoms with Crippen molar-refractivity contribution in [1.82, 2.24) is 0 Å². The lowest BCUT2D eigenvalue weighted by Gasteiger charge is -2.07. The van der Waals surface area contributed by atoms with Gasteiger partial charge >= 0.3 is 5.97 Å². The molecule has 23 heavy (non-hydrogen) atoms. The summed E-state index contributed by atoms with van der Waals surface area (Å²) in [6.07, 6.45) is 0.769. The van der Waals surface area contributed by atoms with Gasteiger partial charge in [-0.05, 0) is 19.9 Å². The van der Waals surface area contributed by atoms with Gasteiger partial charge in [-0.2, -0.15) is 0 Å². The van der Waals surface area contributed by atoms with Crippen LogP contribution >= 0.6 is 0 Å². The number of hydrogen-bond acceptors (Lipinski definition) is 6. The minimum atomic E-state index is -1.49. The maximum atomic E-state index is 13.3. The summed E-state index contributed by atoms with van der Waals surface area (Å²) in [5.74, 6) is -5.24. The van der Waals surface area contributed by atoms with E-state index in [1.807, 2.05) is 0 Å². The summed E-state index contributed by atoms with van der Waals surface area (Å²) in [4.78, 5) is 33.9. The summed E-state index contributed by atoms with van der Waals surface area (Å²) in [7, 11) is 0. The Morgan fingerprint density at radius 2 is 1.83 bits per heavy atom. The van der Waals surface area contributed by atoms with Crippen LogP contribution in [0.3, 0.4) is 0 Å². The molecule has 0 aliphatic heterocycles. The number of halogens is 2. The Bertz CT molecular complexity index is 671. The van der Waals surface area contributed by atoms with E-state index in [4.69, 9.17) is 4.74 Å². The molecule has 1 aromatic rings. The van der Waals surface area contributed by atoms with E-state index in [-0.39, 0.29) is 19.3 Å². The van der Waals surface area contributed by atoms with Crippen LogP contribution in [0, 0.1) is 21.7 Å². The Labute approximate surface area is 129 Å². The van der Waals surface area contributed by atoms with Gasteiger partial charge in [-0.3, -0.25) is 14.9 Å². The molecule has 0 bridgehead atoms. The van der Waals surface area contributed by atoms with Crippen LogP contribution in [-0.2, 0) is 14.3 Å². The van der Waals surface area contributed by atoms with Crippen LogP contribution in [0.1, 0.15) is 24.2 Å². The summed E-state index contributed by atoms with van der Waals surface area (Å²) in [5.41, 5.74) is -2.42. The van der Waals surface area contributed by atoms with Crippen LogP contribution in [0.4, 0.5) is 14.5 Å². The normalized spacial score (nSPS) is 11.0. The van der Waals surface area contributed by atoms with Gasteiger partial charge in [0.15, 0.2) is 11.6 Å². The van der Waals surface area contributed by atoms with Crippen molar-refractivity contribution >= 4 is 17.4 Å². The Morgan fingerprint density at radius 1 is 1.22 bits per heavy atom. The van der Waals surface area contributed by atoms with E-state index < -0.39 is 45.1 Å². The average molecular weight is 329 g/mol. The van der Waals surface area contributed by atoms with Crippen molar-refractivity contribution in [3.63, 3.8) is 0 Å². The Balaban J connectivity index is 3.41. The zero-order valence-electron chi connectivity index (χ0n) is 12.3. The van der Waals surface area contributed by atoms with Gasteiger partial charge in [0.1, 0.15) is 17.4 Å². The monoisotopic (exact) mass is 329 g/mol. The van der Waals surface area contributed by atoms with E-state index >= 15 is 0 Å². The molecule has 0 amide bonds. The number of nitrogens with zero attached hydrogens (tertiary/aromatic N) is 1. The fourth-order valence-corrected chi connectivity index (χ4v) is 1.58. The number of rotatable bonds is 7. The number of hydrogen-bond donors (Lipinski definition) is 0. The molecule has 0 saturated carbocycles. The minimum absolute atomic E-state index is 0.0601. The molecule has 124 valence electrons. The molecule has 0 unspecified atom stereocenters. The van der Waals surface area contributed by atoms with Crippen molar-refractivity contribution in [2.24, 2.45) is 0 Å². The quantitative estimate of drug-likeness (QED) is 0.111. The molecule has 7 nitrogen and oxygen atoms in total. The SMILES string of the molecule is CCOC=C(C(=O)OCC)C(=O)c1cc(F)c(F)cc1[N+](=O)[O-]. The molecule has 0 aliphatic carbocycles. The number of nitro groups is 1. The number of ketones is 1. The predicted octanol–water partition coefficient (Wildman–Crippen LogP) is 2.54. The second kappa shape index (κ2) is 7.97. The Kier molecular flexibility index (Phi) is 6.31. The van der Waals surface area contributed by atoms with Crippen LogP contribution in [0.15, 0.2) is 24.0 Å². The largest absolute Gasteiger partial charge is 0.500 e. The van der Waals surface area contributed by atoms with E-state index in [0.29, 0.717) is 6.07 Å². The van der Waals surface area contributed by atoms with E-state index in [9.17, 15) is 28.5 Å². The third-order valence-corrected chi connectivity index (χ3v) is 2.59. The molecule has 0 saturated heterocycles. The summed E-state index contributed by atoms with van der Waals surface area (Å²) >= 11 is 0. The van der Waals surface area contributed by atoms with E-state index in [1.165, 1.54) is 6.92 Å². The fourth-order valence-electron chi connectivity index (χ4n) is 1.58. The number of carbonyl (C=O) groups is 2. The Hall–Kier alpha value is -2.84. The Morgan fingerprint density at radius 3 is 2.35 bits per heavy atom. The lowest BCUT2D eigenvalue weighted by atomic mass is 10.0. The number of esters is 1. The first-order valence-corrected chi connectivity index (χ1v) is 6.50. The molecule has 1 aromatic carbocycles. The highest BCUT2D eigenvalue weighted by Crippen LogP contribution is 2.25. The van der Waals surface area contributed by atoms with Crippen molar-refractivity contribution in [2.45, 2.75) is 13.8 Å². The maximum Gasteiger partial charge on any atom is 0.345 e. The van der Waals surface area contributed by atoms with Crippen LogP contribution < -0.4 is 0 Å². The van der Waals surface area contributed by atoms with E-state index in [2.05, 4.69) is 4.74 Å². The topological polar surface area (TPSA) is 95.7 Å². The number of Topliss-reactive ketones (excluding diaryl/α,β-unsaturated/α-hetero) is 1. The molecule has 0 aliphatic rings. The van der Waals surface area contributed by atoms with Crippen LogP contribution in [0.2, 0.25) is 0 Å². The summed E-state index contributed by atoms with van der Waals surface area (Å²) < 4.78 is 36.0. The average Bonchev–Trinajstić information content (AvgIpc) is 2.49. The molecule has 0 aromatic heterocycles. The maximum absolute atomic E-state index is 13.3. The molecule has 0 fully saturated rings. The second-order valence-electron chi connectivity index (χ2n) is 4.08. The molecule has 0 radical (unpaired) electrons. The number of benzene rings is 1. The summed E-state index contributed by atoms with van der Waals surface area (Å²) in [6, 6.07) is 0.626. The van der Waals surface area contributed by atoms with Gasteiger partial charge in [0.05, 0.1) is 24.2 Å². The van der Waals surface area contributed by atoms with Gasteiger partial charge in [0, 0.05) is 0 Å². The van der Waals surface area contributed by atoms with Gasteiger partial charge in [0.25, 0.3) is 5.69 Å². The van der Waals surface area contributed by atoms with Gasteiger partial charge in [-0.1, -0.05) is 0 Å². The molecule has 0 atom stereocenters.